The van der Waals surface area contributed by atoms with Crippen molar-refractivity contribution in [1.29, 1.82) is 0 Å². The molecule has 38 heavy (non-hydrogen) atoms. The lowest BCUT2D eigenvalue weighted by atomic mass is 9.91. The van der Waals surface area contributed by atoms with Crippen molar-refractivity contribution < 1.29 is 4.79 Å². The van der Waals surface area contributed by atoms with Gasteiger partial charge in [0.15, 0.2) is 0 Å². The molecule has 0 spiro atoms. The number of hydrogen-bond donors (Lipinski definition) is 1. The molecule has 1 aromatic heterocycles. The quantitative estimate of drug-likeness (QED) is 0.222. The van der Waals surface area contributed by atoms with Gasteiger partial charge in [-0.15, -0.1) is 0 Å². The fraction of sp³-hybridized carbons (Fsp3) is 0.0645. The number of rotatable bonds is 4. The largest absolute Gasteiger partial charge is 0.321 e. The Morgan fingerprint density at radius 3 is 2.26 bits per heavy atom. The number of amides is 1. The van der Waals surface area contributed by atoms with E-state index in [1.54, 1.807) is 6.07 Å². The minimum atomic E-state index is -0.355. The first kappa shape index (κ1) is 24.5. The Morgan fingerprint density at radius 1 is 0.842 bits per heavy atom. The molecule has 4 aromatic carbocycles. The molecular formula is C31H21Br2N3O2. The van der Waals surface area contributed by atoms with Gasteiger partial charge >= 0.3 is 0 Å². The predicted molar refractivity (Wildman–Crippen MR) is 158 cm³/mol. The average Bonchev–Trinajstić information content (AvgIpc) is 3.38. The number of hydrazone groups is 1. The van der Waals surface area contributed by atoms with Gasteiger partial charge in [0.2, 0.25) is 0 Å². The maximum Gasteiger partial charge on any atom is 0.275 e. The second-order valence-electron chi connectivity index (χ2n) is 9.07. The van der Waals surface area contributed by atoms with Crippen LogP contribution in [0.4, 0.5) is 0 Å². The summed E-state index contributed by atoms with van der Waals surface area (Å²) in [6.45, 7) is 0. The number of H-pyrrole nitrogens is 1. The lowest BCUT2D eigenvalue weighted by Crippen LogP contribution is -2.27. The van der Waals surface area contributed by atoms with Gasteiger partial charge < -0.3 is 4.98 Å². The fourth-order valence-corrected chi connectivity index (χ4v) is 5.80. The summed E-state index contributed by atoms with van der Waals surface area (Å²) in [6, 6.07) is 32.4. The van der Waals surface area contributed by atoms with Crippen LogP contribution in [0, 0.1) is 0 Å². The molecule has 5 nitrogen and oxygen atoms in total. The van der Waals surface area contributed by atoms with E-state index in [1.807, 2.05) is 97.1 Å². The van der Waals surface area contributed by atoms with E-state index < -0.39 is 0 Å². The van der Waals surface area contributed by atoms with E-state index in [0.29, 0.717) is 27.7 Å². The average molecular weight is 627 g/mol. The number of nitrogens with zero attached hydrogens (tertiary/aromatic N) is 2. The molecular weight excluding hydrogens is 606 g/mol. The molecule has 6 rings (SSSR count). The molecule has 5 aromatic rings. The summed E-state index contributed by atoms with van der Waals surface area (Å²) in [5.41, 5.74) is 4.72. The number of aromatic amines is 1. The fourth-order valence-electron chi connectivity index (χ4n) is 4.99. The zero-order valence-electron chi connectivity index (χ0n) is 20.1. The number of hydrogen-bond acceptors (Lipinski definition) is 3. The summed E-state index contributed by atoms with van der Waals surface area (Å²) < 4.78 is 1.60. The van der Waals surface area contributed by atoms with Crippen LogP contribution in [0.3, 0.4) is 0 Å². The zero-order valence-corrected chi connectivity index (χ0v) is 23.2. The van der Waals surface area contributed by atoms with Crippen molar-refractivity contribution in [2.45, 2.75) is 12.5 Å². The molecule has 7 heteroatoms. The topological polar surface area (TPSA) is 65.5 Å². The summed E-state index contributed by atoms with van der Waals surface area (Å²) in [7, 11) is 0. The van der Waals surface area contributed by atoms with Gasteiger partial charge in [0.1, 0.15) is 0 Å². The zero-order chi connectivity index (χ0) is 26.2. The van der Waals surface area contributed by atoms with Crippen LogP contribution in [-0.4, -0.2) is 21.6 Å². The summed E-state index contributed by atoms with van der Waals surface area (Å²) in [5, 5.41) is 7.27. The SMILES string of the molecule is O=C(c1ccccc1Br)N1N=C(c2c(-c3ccccc3)c3cc(Br)ccc3[nH]c2=O)CC1c1ccccc1. The van der Waals surface area contributed by atoms with Crippen LogP contribution in [0.1, 0.15) is 33.9 Å². The maximum absolute atomic E-state index is 13.8. The molecule has 0 saturated carbocycles. The van der Waals surface area contributed by atoms with E-state index >= 15 is 0 Å². The van der Waals surface area contributed by atoms with Crippen molar-refractivity contribution >= 4 is 54.4 Å². The van der Waals surface area contributed by atoms with Crippen LogP contribution in [0.25, 0.3) is 22.0 Å². The standard InChI is InChI=1S/C31H21Br2N3O2/c32-21-15-16-25-23(17-21)28(20-11-5-2-6-12-20)29(30(37)34-25)26-18-27(19-9-3-1-4-10-19)36(35-26)31(38)22-13-7-8-14-24(22)33/h1-17,27H,18H2,(H,34,37). The van der Waals surface area contributed by atoms with Gasteiger partial charge in [0.05, 0.1) is 22.9 Å². The minimum Gasteiger partial charge on any atom is -0.321 e. The summed E-state index contributed by atoms with van der Waals surface area (Å²) in [6.07, 6.45) is 0.405. The lowest BCUT2D eigenvalue weighted by molar-refractivity contribution is 0.0710. The van der Waals surface area contributed by atoms with Crippen LogP contribution in [0.2, 0.25) is 0 Å². The molecule has 0 bridgehead atoms. The maximum atomic E-state index is 13.8. The molecule has 1 aliphatic rings. The van der Waals surface area contributed by atoms with Gasteiger partial charge in [-0.25, -0.2) is 5.01 Å². The van der Waals surface area contributed by atoms with Crippen molar-refractivity contribution in [3.63, 3.8) is 0 Å². The third-order valence-electron chi connectivity index (χ3n) is 6.73. The highest BCUT2D eigenvalue weighted by Crippen LogP contribution is 2.38. The second-order valence-corrected chi connectivity index (χ2v) is 10.8. The van der Waals surface area contributed by atoms with E-state index in [2.05, 4.69) is 36.8 Å². The van der Waals surface area contributed by atoms with E-state index in [-0.39, 0.29) is 17.5 Å². The first-order chi connectivity index (χ1) is 18.5. The van der Waals surface area contributed by atoms with Gasteiger partial charge in [0.25, 0.3) is 11.5 Å². The first-order valence-corrected chi connectivity index (χ1v) is 13.7. The number of benzene rings is 4. The smallest absolute Gasteiger partial charge is 0.275 e. The number of carbonyl (C=O) groups is 1. The Labute approximate surface area is 236 Å². The normalized spacial score (nSPS) is 15.1. The van der Waals surface area contributed by atoms with Crippen LogP contribution >= 0.6 is 31.9 Å². The Hall–Kier alpha value is -3.81. The molecule has 1 unspecified atom stereocenters. The number of pyridine rings is 1. The minimum absolute atomic E-state index is 0.234. The molecule has 2 heterocycles. The van der Waals surface area contributed by atoms with Crippen molar-refractivity contribution in [2.24, 2.45) is 5.10 Å². The highest BCUT2D eigenvalue weighted by molar-refractivity contribution is 9.10. The number of nitrogens with one attached hydrogen (secondary N) is 1. The molecule has 1 N–H and O–H groups in total. The van der Waals surface area contributed by atoms with E-state index in [4.69, 9.17) is 5.10 Å². The Kier molecular flexibility index (Phi) is 6.55. The monoisotopic (exact) mass is 625 g/mol. The molecule has 0 aliphatic carbocycles. The number of fused-ring (bicyclic) bond motifs is 1. The van der Waals surface area contributed by atoms with Crippen LogP contribution in [0.5, 0.6) is 0 Å². The summed E-state index contributed by atoms with van der Waals surface area (Å²) in [4.78, 5) is 30.5. The highest BCUT2D eigenvalue weighted by atomic mass is 79.9. The third kappa shape index (κ3) is 4.42. The summed E-state index contributed by atoms with van der Waals surface area (Å²) >= 11 is 7.10. The van der Waals surface area contributed by atoms with Crippen LogP contribution < -0.4 is 5.56 Å². The van der Waals surface area contributed by atoms with E-state index in [1.165, 1.54) is 5.01 Å². The summed E-state index contributed by atoms with van der Waals surface area (Å²) in [5.74, 6) is -0.234. The first-order valence-electron chi connectivity index (χ1n) is 12.1. The molecule has 186 valence electrons. The van der Waals surface area contributed by atoms with Gasteiger partial charge in [-0.05, 0) is 57.4 Å². The highest BCUT2D eigenvalue weighted by Gasteiger charge is 2.36. The van der Waals surface area contributed by atoms with Gasteiger partial charge in [-0.1, -0.05) is 88.7 Å². The van der Waals surface area contributed by atoms with E-state index in [9.17, 15) is 9.59 Å². The van der Waals surface area contributed by atoms with Crippen molar-refractivity contribution in [2.75, 3.05) is 0 Å². The Bertz CT molecular complexity index is 1770. The van der Waals surface area contributed by atoms with Crippen LogP contribution in [0.15, 0.2) is 122 Å². The van der Waals surface area contributed by atoms with Gasteiger partial charge in [-0.3, -0.25) is 9.59 Å². The van der Waals surface area contributed by atoms with Crippen LogP contribution in [-0.2, 0) is 0 Å². The molecule has 1 aliphatic heterocycles. The molecule has 0 radical (unpaired) electrons. The van der Waals surface area contributed by atoms with Crippen molar-refractivity contribution in [3.8, 4) is 11.1 Å². The Balaban J connectivity index is 1.58. The number of carbonyl (C=O) groups excluding carboxylic acids is 1. The number of aromatic nitrogens is 1. The molecule has 0 fully saturated rings. The molecule has 1 atom stereocenters. The van der Waals surface area contributed by atoms with E-state index in [0.717, 1.165) is 32.1 Å². The van der Waals surface area contributed by atoms with Crippen molar-refractivity contribution in [1.82, 2.24) is 9.99 Å². The Morgan fingerprint density at radius 2 is 1.53 bits per heavy atom. The molecule has 1 amide bonds. The lowest BCUT2D eigenvalue weighted by Gasteiger charge is -2.22. The number of halogens is 2. The van der Waals surface area contributed by atoms with Gasteiger partial charge in [-0.2, -0.15) is 5.10 Å². The predicted octanol–water partition coefficient (Wildman–Crippen LogP) is 7.71. The second kappa shape index (κ2) is 10.2. The van der Waals surface area contributed by atoms with Gasteiger partial charge in [0, 0.05) is 31.8 Å². The molecule has 0 saturated heterocycles. The third-order valence-corrected chi connectivity index (χ3v) is 7.92. The van der Waals surface area contributed by atoms with Crippen molar-refractivity contribution in [3.05, 3.63) is 139 Å².